The molecule has 0 aliphatic rings. The summed E-state index contributed by atoms with van der Waals surface area (Å²) in [7, 11) is 3.30. The molecule has 6 heteroatoms. The lowest BCUT2D eigenvalue weighted by Gasteiger charge is -2.08. The number of nitrogens with one attached hydrogen (secondary N) is 1. The second-order valence-electron chi connectivity index (χ2n) is 6.58. The minimum atomic E-state index is -0.436. The van der Waals surface area contributed by atoms with Crippen LogP contribution in [-0.4, -0.2) is 28.5 Å². The minimum absolute atomic E-state index is 0.253. The molecule has 0 bridgehead atoms. The number of hydrogen-bond donors (Lipinski definition) is 1. The van der Waals surface area contributed by atoms with Gasteiger partial charge in [-0.05, 0) is 60.7 Å². The van der Waals surface area contributed by atoms with E-state index in [2.05, 4.69) is 15.0 Å². The van der Waals surface area contributed by atoms with Crippen molar-refractivity contribution in [2.75, 3.05) is 12.4 Å². The number of hydrogen-bond acceptors (Lipinski definition) is 4. The zero-order chi connectivity index (χ0) is 20.4. The van der Waals surface area contributed by atoms with E-state index < -0.39 is 5.97 Å². The van der Waals surface area contributed by atoms with Crippen LogP contribution < -0.4 is 5.32 Å². The van der Waals surface area contributed by atoms with E-state index in [9.17, 15) is 9.59 Å². The molecule has 3 aromatic carbocycles. The number of aromatic nitrogens is 2. The highest BCUT2D eigenvalue weighted by Gasteiger charge is 2.11. The molecule has 0 spiro atoms. The Hall–Kier alpha value is -3.93. The second kappa shape index (κ2) is 7.59. The van der Waals surface area contributed by atoms with Crippen LogP contribution in [-0.2, 0) is 11.8 Å². The van der Waals surface area contributed by atoms with E-state index >= 15 is 0 Å². The van der Waals surface area contributed by atoms with Crippen LogP contribution in [0.3, 0.4) is 0 Å². The molecule has 29 heavy (non-hydrogen) atoms. The third kappa shape index (κ3) is 3.60. The number of esters is 1. The number of nitrogens with zero attached hydrogens (tertiary/aromatic N) is 2. The number of carbonyl (C=O) groups is 2. The number of para-hydroxylation sites is 2. The van der Waals surface area contributed by atoms with Crippen LogP contribution in [0.1, 0.15) is 20.7 Å². The lowest BCUT2D eigenvalue weighted by Crippen LogP contribution is -2.12. The maximum absolute atomic E-state index is 12.4. The molecule has 1 heterocycles. The van der Waals surface area contributed by atoms with Gasteiger partial charge in [0.25, 0.3) is 5.91 Å². The van der Waals surface area contributed by atoms with Gasteiger partial charge in [0.05, 0.1) is 23.7 Å². The van der Waals surface area contributed by atoms with Crippen molar-refractivity contribution in [2.45, 2.75) is 0 Å². The molecule has 0 saturated carbocycles. The van der Waals surface area contributed by atoms with Gasteiger partial charge < -0.3 is 14.6 Å². The molecule has 1 aromatic heterocycles. The first-order chi connectivity index (χ1) is 14.1. The van der Waals surface area contributed by atoms with Crippen molar-refractivity contribution in [3.05, 3.63) is 83.9 Å². The van der Waals surface area contributed by atoms with Crippen molar-refractivity contribution in [3.8, 4) is 11.4 Å². The molecule has 1 amide bonds. The van der Waals surface area contributed by atoms with Crippen LogP contribution in [0.4, 0.5) is 5.69 Å². The van der Waals surface area contributed by atoms with Gasteiger partial charge in [0.1, 0.15) is 5.82 Å². The molecule has 0 atom stereocenters. The van der Waals surface area contributed by atoms with Gasteiger partial charge in [-0.1, -0.05) is 12.1 Å². The Morgan fingerprint density at radius 1 is 0.897 bits per heavy atom. The minimum Gasteiger partial charge on any atom is -0.465 e. The van der Waals surface area contributed by atoms with Gasteiger partial charge in [-0.15, -0.1) is 0 Å². The fraction of sp³-hybridized carbons (Fsp3) is 0.0870. The number of amides is 1. The summed E-state index contributed by atoms with van der Waals surface area (Å²) in [6.07, 6.45) is 0. The zero-order valence-corrected chi connectivity index (χ0v) is 16.0. The maximum Gasteiger partial charge on any atom is 0.337 e. The molecule has 1 N–H and O–H groups in total. The highest BCUT2D eigenvalue weighted by molar-refractivity contribution is 6.05. The average molecular weight is 385 g/mol. The van der Waals surface area contributed by atoms with E-state index in [-0.39, 0.29) is 5.91 Å². The van der Waals surface area contributed by atoms with Crippen LogP contribution >= 0.6 is 0 Å². The van der Waals surface area contributed by atoms with Crippen LogP contribution in [0.25, 0.3) is 22.4 Å². The summed E-state index contributed by atoms with van der Waals surface area (Å²) < 4.78 is 6.71. The van der Waals surface area contributed by atoms with E-state index in [0.29, 0.717) is 16.8 Å². The summed E-state index contributed by atoms with van der Waals surface area (Å²) in [5.74, 6) is 0.175. The number of benzene rings is 3. The second-order valence-corrected chi connectivity index (χ2v) is 6.58. The quantitative estimate of drug-likeness (QED) is 0.532. The lowest BCUT2D eigenvalue weighted by molar-refractivity contribution is 0.0600. The Morgan fingerprint density at radius 2 is 1.55 bits per heavy atom. The number of anilines is 1. The van der Waals surface area contributed by atoms with Gasteiger partial charge in [-0.25, -0.2) is 9.78 Å². The van der Waals surface area contributed by atoms with Gasteiger partial charge in [-0.3, -0.25) is 4.79 Å². The summed E-state index contributed by atoms with van der Waals surface area (Å²) in [4.78, 5) is 28.6. The zero-order valence-electron chi connectivity index (χ0n) is 16.0. The van der Waals surface area contributed by atoms with Gasteiger partial charge in [0, 0.05) is 23.9 Å². The Labute approximate surface area is 167 Å². The number of carbonyl (C=O) groups excluding carboxylic acids is 2. The van der Waals surface area contributed by atoms with Crippen LogP contribution in [0, 0.1) is 0 Å². The van der Waals surface area contributed by atoms with Crippen LogP contribution in [0.2, 0.25) is 0 Å². The Morgan fingerprint density at radius 3 is 2.21 bits per heavy atom. The lowest BCUT2D eigenvalue weighted by atomic mass is 10.1. The first kappa shape index (κ1) is 18.4. The third-order valence-electron chi connectivity index (χ3n) is 4.76. The molecular formula is C23H19N3O3. The molecule has 0 aliphatic carbocycles. The van der Waals surface area contributed by atoms with E-state index in [1.54, 1.807) is 24.3 Å². The van der Waals surface area contributed by atoms with Gasteiger partial charge in [-0.2, -0.15) is 0 Å². The largest absolute Gasteiger partial charge is 0.465 e. The van der Waals surface area contributed by atoms with Crippen molar-refractivity contribution in [2.24, 2.45) is 7.05 Å². The van der Waals surface area contributed by atoms with Crippen molar-refractivity contribution in [3.63, 3.8) is 0 Å². The molecule has 0 fully saturated rings. The molecule has 0 radical (unpaired) electrons. The van der Waals surface area contributed by atoms with Crippen molar-refractivity contribution in [1.29, 1.82) is 0 Å². The highest BCUT2D eigenvalue weighted by atomic mass is 16.5. The maximum atomic E-state index is 12.4. The normalized spacial score (nSPS) is 10.7. The molecule has 0 saturated heterocycles. The van der Waals surface area contributed by atoms with E-state index in [1.165, 1.54) is 7.11 Å². The number of rotatable bonds is 4. The Bertz CT molecular complexity index is 1190. The number of imidazole rings is 1. The van der Waals surface area contributed by atoms with Crippen molar-refractivity contribution >= 4 is 28.6 Å². The molecule has 144 valence electrons. The average Bonchev–Trinajstić information content (AvgIpc) is 3.10. The van der Waals surface area contributed by atoms with Gasteiger partial charge >= 0.3 is 5.97 Å². The molecule has 0 unspecified atom stereocenters. The topological polar surface area (TPSA) is 73.2 Å². The molecule has 6 nitrogen and oxygen atoms in total. The summed E-state index contributed by atoms with van der Waals surface area (Å²) in [5.41, 5.74) is 4.50. The first-order valence-electron chi connectivity index (χ1n) is 9.08. The summed E-state index contributed by atoms with van der Waals surface area (Å²) >= 11 is 0. The molecule has 4 aromatic rings. The highest BCUT2D eigenvalue weighted by Crippen LogP contribution is 2.25. The standard InChI is InChI=1S/C23H19N3O3/c1-26-20-6-4-3-5-19(20)25-21(26)15-11-13-18(14-12-15)24-22(27)16-7-9-17(10-8-16)23(28)29-2/h3-14H,1-2H3,(H,24,27). The fourth-order valence-electron chi connectivity index (χ4n) is 3.19. The number of ether oxygens (including phenoxy) is 1. The smallest absolute Gasteiger partial charge is 0.337 e. The molecule has 4 rings (SSSR count). The van der Waals surface area contributed by atoms with E-state index in [0.717, 1.165) is 22.4 Å². The van der Waals surface area contributed by atoms with Crippen molar-refractivity contribution < 1.29 is 14.3 Å². The number of aryl methyl sites for hydroxylation is 1. The predicted octanol–water partition coefficient (Wildman–Crippen LogP) is 4.28. The summed E-state index contributed by atoms with van der Waals surface area (Å²) in [6, 6.07) is 21.8. The summed E-state index contributed by atoms with van der Waals surface area (Å²) in [6.45, 7) is 0. The van der Waals surface area contributed by atoms with Gasteiger partial charge in [0.15, 0.2) is 0 Å². The first-order valence-corrected chi connectivity index (χ1v) is 9.08. The van der Waals surface area contributed by atoms with Gasteiger partial charge in [0.2, 0.25) is 0 Å². The predicted molar refractivity (Wildman–Crippen MR) is 112 cm³/mol. The van der Waals surface area contributed by atoms with Crippen LogP contribution in [0.5, 0.6) is 0 Å². The van der Waals surface area contributed by atoms with Crippen LogP contribution in [0.15, 0.2) is 72.8 Å². The third-order valence-corrected chi connectivity index (χ3v) is 4.76. The Balaban J connectivity index is 1.51. The summed E-state index contributed by atoms with van der Waals surface area (Å²) in [5, 5.41) is 2.86. The molecule has 0 aliphatic heterocycles. The van der Waals surface area contributed by atoms with E-state index in [4.69, 9.17) is 0 Å². The molecular weight excluding hydrogens is 366 g/mol. The van der Waals surface area contributed by atoms with Crippen molar-refractivity contribution in [1.82, 2.24) is 9.55 Å². The fourth-order valence-corrected chi connectivity index (χ4v) is 3.19. The number of fused-ring (bicyclic) bond motifs is 1. The SMILES string of the molecule is COC(=O)c1ccc(C(=O)Nc2ccc(-c3nc4ccccc4n3C)cc2)cc1. The van der Waals surface area contributed by atoms with E-state index in [1.807, 2.05) is 60.1 Å². The monoisotopic (exact) mass is 385 g/mol. The number of methoxy groups -OCH3 is 1. The Kier molecular flexibility index (Phi) is 4.83.